The third kappa shape index (κ3) is 2.80. The average molecular weight is 249 g/mol. The van der Waals surface area contributed by atoms with Crippen LogP contribution in [-0.2, 0) is 4.84 Å². The van der Waals surface area contributed by atoms with Gasteiger partial charge in [0.1, 0.15) is 5.75 Å². The minimum Gasteiger partial charge on any atom is -0.508 e. The standard InChI is InChI=1S/C13H19N3O2/c1-3-16(4-2)9-12-14-13(15-18-12)10-7-5-6-8-11(10)17/h5-8,13,15,17H,3-4,9H2,1-2H3/t13-/m1/s1. The van der Waals surface area contributed by atoms with Crippen molar-refractivity contribution in [2.24, 2.45) is 4.99 Å². The van der Waals surface area contributed by atoms with Crippen molar-refractivity contribution in [2.45, 2.75) is 20.0 Å². The summed E-state index contributed by atoms with van der Waals surface area (Å²) in [6.07, 6.45) is -0.322. The molecule has 98 valence electrons. The SMILES string of the molecule is CCN(CC)CC1=N[C@@H](c2ccccc2O)NO1. The molecule has 0 saturated heterocycles. The van der Waals surface area contributed by atoms with Gasteiger partial charge in [-0.2, -0.15) is 0 Å². The van der Waals surface area contributed by atoms with Crippen LogP contribution in [0.15, 0.2) is 29.3 Å². The Kier molecular flexibility index (Phi) is 4.17. The highest BCUT2D eigenvalue weighted by Gasteiger charge is 2.23. The molecular weight excluding hydrogens is 230 g/mol. The van der Waals surface area contributed by atoms with E-state index in [0.29, 0.717) is 12.4 Å². The summed E-state index contributed by atoms with van der Waals surface area (Å²) in [5, 5.41) is 9.76. The second kappa shape index (κ2) is 5.84. The van der Waals surface area contributed by atoms with E-state index in [1.807, 2.05) is 12.1 Å². The Labute approximate surface area is 107 Å². The van der Waals surface area contributed by atoms with Gasteiger partial charge in [0.15, 0.2) is 6.17 Å². The van der Waals surface area contributed by atoms with Gasteiger partial charge in [0.05, 0.1) is 6.54 Å². The number of benzene rings is 1. The first-order valence-electron chi connectivity index (χ1n) is 6.23. The minimum atomic E-state index is -0.322. The fourth-order valence-corrected chi connectivity index (χ4v) is 1.88. The Morgan fingerprint density at radius 2 is 2.06 bits per heavy atom. The van der Waals surface area contributed by atoms with Gasteiger partial charge in [-0.05, 0) is 19.2 Å². The van der Waals surface area contributed by atoms with E-state index in [-0.39, 0.29) is 11.9 Å². The molecule has 0 amide bonds. The van der Waals surface area contributed by atoms with Gasteiger partial charge in [0, 0.05) is 5.56 Å². The Morgan fingerprint density at radius 1 is 1.33 bits per heavy atom. The van der Waals surface area contributed by atoms with Gasteiger partial charge in [-0.1, -0.05) is 32.0 Å². The lowest BCUT2D eigenvalue weighted by Gasteiger charge is -2.16. The molecule has 0 aromatic heterocycles. The first-order valence-corrected chi connectivity index (χ1v) is 6.23. The van der Waals surface area contributed by atoms with Crippen molar-refractivity contribution in [3.8, 4) is 5.75 Å². The smallest absolute Gasteiger partial charge is 0.225 e. The van der Waals surface area contributed by atoms with Crippen LogP contribution in [0.2, 0.25) is 0 Å². The van der Waals surface area contributed by atoms with Gasteiger partial charge >= 0.3 is 0 Å². The molecule has 1 heterocycles. The molecule has 0 bridgehead atoms. The maximum Gasteiger partial charge on any atom is 0.225 e. The molecule has 5 heteroatoms. The van der Waals surface area contributed by atoms with Gasteiger partial charge < -0.3 is 9.94 Å². The lowest BCUT2D eigenvalue weighted by molar-refractivity contribution is 0.166. The second-order valence-electron chi connectivity index (χ2n) is 4.17. The van der Waals surface area contributed by atoms with Crippen LogP contribution >= 0.6 is 0 Å². The molecule has 1 aromatic rings. The Bertz CT molecular complexity index is 430. The lowest BCUT2D eigenvalue weighted by atomic mass is 10.1. The second-order valence-corrected chi connectivity index (χ2v) is 4.17. The summed E-state index contributed by atoms with van der Waals surface area (Å²) in [7, 11) is 0. The summed E-state index contributed by atoms with van der Waals surface area (Å²) in [5.74, 6) is 0.887. The zero-order valence-corrected chi connectivity index (χ0v) is 10.8. The molecule has 0 radical (unpaired) electrons. The van der Waals surface area contributed by atoms with Crippen molar-refractivity contribution in [3.63, 3.8) is 0 Å². The number of hydrogen-bond acceptors (Lipinski definition) is 5. The zero-order chi connectivity index (χ0) is 13.0. The van der Waals surface area contributed by atoms with Crippen molar-refractivity contribution < 1.29 is 9.94 Å². The van der Waals surface area contributed by atoms with Crippen LogP contribution in [0.4, 0.5) is 0 Å². The van der Waals surface area contributed by atoms with Crippen LogP contribution in [-0.4, -0.2) is 35.5 Å². The molecule has 0 fully saturated rings. The third-order valence-electron chi connectivity index (χ3n) is 3.05. The summed E-state index contributed by atoms with van der Waals surface area (Å²) in [6, 6.07) is 7.14. The topological polar surface area (TPSA) is 57.1 Å². The van der Waals surface area contributed by atoms with E-state index in [0.717, 1.165) is 18.7 Å². The molecule has 0 aliphatic carbocycles. The van der Waals surface area contributed by atoms with Crippen LogP contribution < -0.4 is 5.48 Å². The molecule has 0 spiro atoms. The Balaban J connectivity index is 2.06. The van der Waals surface area contributed by atoms with Crippen LogP contribution in [0.1, 0.15) is 25.6 Å². The summed E-state index contributed by atoms with van der Waals surface area (Å²) < 4.78 is 0. The van der Waals surface area contributed by atoms with E-state index in [2.05, 4.69) is 29.2 Å². The number of hydrogen-bond donors (Lipinski definition) is 2. The van der Waals surface area contributed by atoms with Crippen molar-refractivity contribution >= 4 is 5.90 Å². The Morgan fingerprint density at radius 3 is 2.72 bits per heavy atom. The van der Waals surface area contributed by atoms with E-state index in [1.54, 1.807) is 12.1 Å². The number of aliphatic imine (C=N–C) groups is 1. The van der Waals surface area contributed by atoms with Gasteiger partial charge in [0.25, 0.3) is 0 Å². The highest BCUT2D eigenvalue weighted by Crippen LogP contribution is 2.26. The molecule has 18 heavy (non-hydrogen) atoms. The van der Waals surface area contributed by atoms with Crippen LogP contribution in [0.5, 0.6) is 5.75 Å². The highest BCUT2D eigenvalue weighted by molar-refractivity contribution is 5.79. The number of nitrogens with zero attached hydrogens (tertiary/aromatic N) is 2. The molecular formula is C13H19N3O2. The van der Waals surface area contributed by atoms with Crippen molar-refractivity contribution in [1.82, 2.24) is 10.4 Å². The van der Waals surface area contributed by atoms with Gasteiger partial charge in [-0.3, -0.25) is 4.90 Å². The number of phenols is 1. The van der Waals surface area contributed by atoms with E-state index >= 15 is 0 Å². The number of phenolic OH excluding ortho intramolecular Hbond substituents is 1. The predicted molar refractivity (Wildman–Crippen MR) is 70.3 cm³/mol. The average Bonchev–Trinajstić information content (AvgIpc) is 2.85. The number of hydroxylamine groups is 1. The fourth-order valence-electron chi connectivity index (χ4n) is 1.88. The monoisotopic (exact) mass is 249 g/mol. The first-order chi connectivity index (χ1) is 8.74. The Hall–Kier alpha value is -1.59. The first kappa shape index (κ1) is 12.9. The molecule has 0 unspecified atom stereocenters. The van der Waals surface area contributed by atoms with Crippen molar-refractivity contribution in [1.29, 1.82) is 0 Å². The number of likely N-dealkylation sites (N-methyl/N-ethyl adjacent to an activating group) is 1. The van der Waals surface area contributed by atoms with Gasteiger partial charge in [0.2, 0.25) is 5.90 Å². The van der Waals surface area contributed by atoms with Gasteiger partial charge in [-0.15, -0.1) is 5.48 Å². The molecule has 1 aliphatic rings. The normalized spacial score (nSPS) is 18.8. The molecule has 0 saturated carbocycles. The van der Waals surface area contributed by atoms with E-state index < -0.39 is 0 Å². The quantitative estimate of drug-likeness (QED) is 0.833. The summed E-state index contributed by atoms with van der Waals surface area (Å²) in [5.41, 5.74) is 3.56. The lowest BCUT2D eigenvalue weighted by Crippen LogP contribution is -2.30. The maximum atomic E-state index is 9.76. The summed E-state index contributed by atoms with van der Waals surface area (Å²) in [4.78, 5) is 12.0. The third-order valence-corrected chi connectivity index (χ3v) is 3.05. The predicted octanol–water partition coefficient (Wildman–Crippen LogP) is 1.67. The molecule has 1 atom stereocenters. The van der Waals surface area contributed by atoms with E-state index in [9.17, 15) is 5.11 Å². The molecule has 2 rings (SSSR count). The largest absolute Gasteiger partial charge is 0.508 e. The number of aromatic hydroxyl groups is 1. The van der Waals surface area contributed by atoms with Crippen LogP contribution in [0, 0.1) is 0 Å². The minimum absolute atomic E-state index is 0.228. The van der Waals surface area contributed by atoms with Crippen LogP contribution in [0.25, 0.3) is 0 Å². The molecule has 2 N–H and O–H groups in total. The number of nitrogens with one attached hydrogen (secondary N) is 1. The van der Waals surface area contributed by atoms with Gasteiger partial charge in [-0.25, -0.2) is 4.99 Å². The zero-order valence-electron chi connectivity index (χ0n) is 10.8. The van der Waals surface area contributed by atoms with Crippen LogP contribution in [0.3, 0.4) is 0 Å². The molecule has 5 nitrogen and oxygen atoms in total. The highest BCUT2D eigenvalue weighted by atomic mass is 16.7. The van der Waals surface area contributed by atoms with E-state index in [1.165, 1.54) is 0 Å². The number of para-hydroxylation sites is 1. The summed E-state index contributed by atoms with van der Waals surface area (Å²) >= 11 is 0. The van der Waals surface area contributed by atoms with E-state index in [4.69, 9.17) is 4.84 Å². The number of rotatable bonds is 5. The molecule has 1 aliphatic heterocycles. The maximum absolute atomic E-state index is 9.76. The van der Waals surface area contributed by atoms with Crippen molar-refractivity contribution in [2.75, 3.05) is 19.6 Å². The molecule has 1 aromatic carbocycles. The summed E-state index contributed by atoms with van der Waals surface area (Å²) in [6.45, 7) is 6.81. The van der Waals surface area contributed by atoms with Crippen molar-refractivity contribution in [3.05, 3.63) is 29.8 Å². The fraction of sp³-hybridized carbons (Fsp3) is 0.462.